The van der Waals surface area contributed by atoms with Gasteiger partial charge in [0.05, 0.1) is 15.7 Å². The number of rotatable bonds is 2. The predicted molar refractivity (Wildman–Crippen MR) is 81.7 cm³/mol. The first-order valence-electron chi connectivity index (χ1n) is 6.21. The number of hydrogen-bond donors (Lipinski definition) is 1. The number of benzene rings is 2. The molecule has 0 bridgehead atoms. The van der Waals surface area contributed by atoms with E-state index in [2.05, 4.69) is 5.32 Å². The Hall–Kier alpha value is -1.91. The van der Waals surface area contributed by atoms with Crippen LogP contribution in [0, 0.1) is 6.92 Å². The van der Waals surface area contributed by atoms with Crippen LogP contribution in [0.1, 0.15) is 15.9 Å². The zero-order valence-electron chi connectivity index (χ0n) is 11.1. The van der Waals surface area contributed by atoms with Crippen LogP contribution in [0.15, 0.2) is 30.3 Å². The van der Waals surface area contributed by atoms with Gasteiger partial charge in [-0.2, -0.15) is 0 Å². The summed E-state index contributed by atoms with van der Waals surface area (Å²) in [5, 5.41) is 3.57. The predicted octanol–water partition coefficient (Wildman–Crippen LogP) is 4.28. The van der Waals surface area contributed by atoms with Crippen molar-refractivity contribution in [1.82, 2.24) is 0 Å². The van der Waals surface area contributed by atoms with E-state index in [1.165, 1.54) is 6.07 Å². The largest absolute Gasteiger partial charge is 0.454 e. The highest BCUT2D eigenvalue weighted by molar-refractivity contribution is 6.34. The summed E-state index contributed by atoms with van der Waals surface area (Å²) in [6.45, 7) is 2.03. The molecule has 108 valence electrons. The van der Waals surface area contributed by atoms with Gasteiger partial charge in [0.25, 0.3) is 5.91 Å². The van der Waals surface area contributed by atoms with E-state index in [9.17, 15) is 4.79 Å². The van der Waals surface area contributed by atoms with Gasteiger partial charge in [-0.05, 0) is 36.8 Å². The molecule has 0 fully saturated rings. The Balaban J connectivity index is 1.87. The number of anilines is 1. The van der Waals surface area contributed by atoms with Crippen LogP contribution >= 0.6 is 23.2 Å². The lowest BCUT2D eigenvalue weighted by molar-refractivity contribution is 0.102. The van der Waals surface area contributed by atoms with Crippen LogP contribution in [0.4, 0.5) is 5.69 Å². The van der Waals surface area contributed by atoms with E-state index in [-0.39, 0.29) is 12.7 Å². The van der Waals surface area contributed by atoms with Gasteiger partial charge in [0.2, 0.25) is 6.79 Å². The number of halogens is 2. The molecular formula is C15H11Cl2NO3. The fraction of sp³-hybridized carbons (Fsp3) is 0.133. The minimum atomic E-state index is -0.319. The molecule has 21 heavy (non-hydrogen) atoms. The molecule has 4 nitrogen and oxygen atoms in total. The molecule has 0 atom stereocenters. The molecule has 6 heteroatoms. The number of amides is 1. The molecule has 0 radical (unpaired) electrons. The van der Waals surface area contributed by atoms with Crippen LogP contribution in [0.5, 0.6) is 11.5 Å². The molecule has 0 aromatic heterocycles. The quantitative estimate of drug-likeness (QED) is 0.897. The fourth-order valence-corrected chi connectivity index (χ4v) is 2.56. The van der Waals surface area contributed by atoms with Crippen LogP contribution < -0.4 is 14.8 Å². The Kier molecular flexibility index (Phi) is 3.66. The number of carbonyl (C=O) groups is 1. The standard InChI is InChI=1S/C15H11Cl2NO3/c1-8-2-3-12(10(16)4-8)18-15(19)9-5-11(17)14-13(6-9)20-7-21-14/h2-6H,7H2,1H3,(H,18,19). The first-order chi connectivity index (χ1) is 10.0. The Morgan fingerprint density at radius 3 is 2.71 bits per heavy atom. The molecule has 0 unspecified atom stereocenters. The number of fused-ring (bicyclic) bond motifs is 1. The molecule has 3 rings (SSSR count). The van der Waals surface area contributed by atoms with Gasteiger partial charge in [-0.3, -0.25) is 4.79 Å². The van der Waals surface area contributed by atoms with E-state index < -0.39 is 0 Å². The normalized spacial score (nSPS) is 12.3. The lowest BCUT2D eigenvalue weighted by atomic mass is 10.1. The van der Waals surface area contributed by atoms with Gasteiger partial charge >= 0.3 is 0 Å². The molecule has 1 aliphatic rings. The summed E-state index contributed by atoms with van der Waals surface area (Å²) >= 11 is 12.2. The van der Waals surface area contributed by atoms with Crippen LogP contribution in [-0.2, 0) is 0 Å². The molecule has 1 heterocycles. The Morgan fingerprint density at radius 1 is 1.14 bits per heavy atom. The topological polar surface area (TPSA) is 47.6 Å². The second-order valence-corrected chi connectivity index (χ2v) is 5.44. The van der Waals surface area contributed by atoms with Crippen molar-refractivity contribution in [3.05, 3.63) is 51.5 Å². The first kappa shape index (κ1) is 14.0. The third kappa shape index (κ3) is 2.77. The third-order valence-corrected chi connectivity index (χ3v) is 3.66. The smallest absolute Gasteiger partial charge is 0.255 e. The third-order valence-electron chi connectivity index (χ3n) is 3.06. The van der Waals surface area contributed by atoms with Gasteiger partial charge in [-0.1, -0.05) is 29.3 Å². The van der Waals surface area contributed by atoms with Crippen LogP contribution in [0.3, 0.4) is 0 Å². The number of aryl methyl sites for hydroxylation is 1. The molecule has 0 aliphatic carbocycles. The second kappa shape index (κ2) is 5.47. The summed E-state index contributed by atoms with van der Waals surface area (Å²) in [6.07, 6.45) is 0. The molecular weight excluding hydrogens is 313 g/mol. The SMILES string of the molecule is Cc1ccc(NC(=O)c2cc(Cl)c3c(c2)OCO3)c(Cl)c1. The van der Waals surface area contributed by atoms with Crippen molar-refractivity contribution in [2.45, 2.75) is 6.92 Å². The van der Waals surface area contributed by atoms with Gasteiger partial charge in [0.15, 0.2) is 11.5 Å². The first-order valence-corrected chi connectivity index (χ1v) is 6.97. The van der Waals surface area contributed by atoms with E-state index in [4.69, 9.17) is 32.7 Å². The highest BCUT2D eigenvalue weighted by Gasteiger charge is 2.21. The van der Waals surface area contributed by atoms with Gasteiger partial charge in [0, 0.05) is 5.56 Å². The average Bonchev–Trinajstić information content (AvgIpc) is 2.90. The molecule has 0 saturated heterocycles. The van der Waals surface area contributed by atoms with Gasteiger partial charge in [0.1, 0.15) is 0 Å². The van der Waals surface area contributed by atoms with Gasteiger partial charge in [-0.25, -0.2) is 0 Å². The molecule has 0 spiro atoms. The van der Waals surface area contributed by atoms with Crippen LogP contribution in [0.25, 0.3) is 0 Å². The van der Waals surface area contributed by atoms with Crippen LogP contribution in [-0.4, -0.2) is 12.7 Å². The molecule has 1 aliphatic heterocycles. The van der Waals surface area contributed by atoms with Crippen LogP contribution in [0.2, 0.25) is 10.0 Å². The number of carbonyl (C=O) groups excluding carboxylic acids is 1. The van der Waals surface area contributed by atoms with E-state index in [0.29, 0.717) is 32.8 Å². The minimum Gasteiger partial charge on any atom is -0.454 e. The summed E-state index contributed by atoms with van der Waals surface area (Å²) in [7, 11) is 0. The monoisotopic (exact) mass is 323 g/mol. The van der Waals surface area contributed by atoms with Crippen molar-refractivity contribution < 1.29 is 14.3 Å². The fourth-order valence-electron chi connectivity index (χ4n) is 2.01. The van der Waals surface area contributed by atoms with Crippen molar-refractivity contribution in [3.63, 3.8) is 0 Å². The Morgan fingerprint density at radius 2 is 1.95 bits per heavy atom. The zero-order valence-corrected chi connectivity index (χ0v) is 12.6. The number of nitrogens with one attached hydrogen (secondary N) is 1. The summed E-state index contributed by atoms with van der Waals surface area (Å²) < 4.78 is 10.5. The highest BCUT2D eigenvalue weighted by atomic mass is 35.5. The van der Waals surface area contributed by atoms with Crippen molar-refractivity contribution in [2.24, 2.45) is 0 Å². The van der Waals surface area contributed by atoms with E-state index in [0.717, 1.165) is 5.56 Å². The lowest BCUT2D eigenvalue weighted by Gasteiger charge is -2.09. The maximum atomic E-state index is 12.3. The molecule has 1 amide bonds. The maximum absolute atomic E-state index is 12.3. The van der Waals surface area contributed by atoms with E-state index >= 15 is 0 Å². The summed E-state index contributed by atoms with van der Waals surface area (Å²) in [5.74, 6) is 0.602. The zero-order chi connectivity index (χ0) is 15.0. The highest BCUT2D eigenvalue weighted by Crippen LogP contribution is 2.40. The second-order valence-electron chi connectivity index (χ2n) is 4.63. The van der Waals surface area contributed by atoms with Crippen molar-refractivity contribution >= 4 is 34.8 Å². The number of hydrogen-bond acceptors (Lipinski definition) is 3. The van der Waals surface area contributed by atoms with Crippen molar-refractivity contribution in [2.75, 3.05) is 12.1 Å². The van der Waals surface area contributed by atoms with E-state index in [1.807, 2.05) is 13.0 Å². The Labute approximate surface area is 131 Å². The summed E-state index contributed by atoms with van der Waals surface area (Å²) in [5.41, 5.74) is 1.94. The van der Waals surface area contributed by atoms with Gasteiger partial charge in [-0.15, -0.1) is 0 Å². The summed E-state index contributed by atoms with van der Waals surface area (Å²) in [6, 6.07) is 8.53. The van der Waals surface area contributed by atoms with Crippen molar-refractivity contribution in [1.29, 1.82) is 0 Å². The molecule has 1 N–H and O–H groups in total. The van der Waals surface area contributed by atoms with Gasteiger partial charge < -0.3 is 14.8 Å². The maximum Gasteiger partial charge on any atom is 0.255 e. The average molecular weight is 324 g/mol. The molecule has 2 aromatic rings. The summed E-state index contributed by atoms with van der Waals surface area (Å²) in [4.78, 5) is 12.3. The Bertz CT molecular complexity index is 731. The minimum absolute atomic E-state index is 0.101. The van der Waals surface area contributed by atoms with E-state index in [1.54, 1.807) is 18.2 Å². The lowest BCUT2D eigenvalue weighted by Crippen LogP contribution is -2.12. The number of ether oxygens (including phenoxy) is 2. The molecule has 2 aromatic carbocycles. The molecule has 0 saturated carbocycles. The van der Waals surface area contributed by atoms with Crippen molar-refractivity contribution in [3.8, 4) is 11.5 Å².